The van der Waals surface area contributed by atoms with Crippen molar-refractivity contribution in [2.75, 3.05) is 0 Å². The number of nitrogens with zero attached hydrogens (tertiary/aromatic N) is 1. The predicted molar refractivity (Wildman–Crippen MR) is 80.5 cm³/mol. The van der Waals surface area contributed by atoms with E-state index in [-0.39, 0.29) is 5.41 Å². The van der Waals surface area contributed by atoms with Crippen molar-refractivity contribution in [3.05, 3.63) is 52.9 Å². The fourth-order valence-corrected chi connectivity index (χ4v) is 3.89. The van der Waals surface area contributed by atoms with Crippen molar-refractivity contribution in [2.24, 2.45) is 7.05 Å². The Morgan fingerprint density at radius 3 is 2.94 bits per heavy atom. The number of thioether (sulfide) groups is 1. The Labute approximate surface area is 116 Å². The van der Waals surface area contributed by atoms with Gasteiger partial charge < -0.3 is 4.57 Å². The van der Waals surface area contributed by atoms with E-state index in [9.17, 15) is 0 Å². The van der Waals surface area contributed by atoms with Gasteiger partial charge in [-0.25, -0.2) is 0 Å². The van der Waals surface area contributed by atoms with Crippen LogP contribution in [0.1, 0.15) is 12.5 Å². The van der Waals surface area contributed by atoms with E-state index >= 15 is 0 Å². The molecule has 1 atom stereocenters. The molecule has 0 amide bonds. The Balaban J connectivity index is 2.45. The summed E-state index contributed by atoms with van der Waals surface area (Å²) in [5, 5.41) is 5.46. The number of hydrogen-bond donors (Lipinski definition) is 0. The zero-order valence-electron chi connectivity index (χ0n) is 10.4. The van der Waals surface area contributed by atoms with Gasteiger partial charge in [0.25, 0.3) is 0 Å². The van der Waals surface area contributed by atoms with Gasteiger partial charge in [0.2, 0.25) is 0 Å². The Kier molecular flexibility index (Phi) is 2.61. The van der Waals surface area contributed by atoms with Crippen LogP contribution < -0.4 is 0 Å². The van der Waals surface area contributed by atoms with Crippen LogP contribution in [0.15, 0.2) is 47.4 Å². The van der Waals surface area contributed by atoms with Gasteiger partial charge >= 0.3 is 0 Å². The first-order chi connectivity index (χ1) is 8.57. The highest BCUT2D eigenvalue weighted by Crippen LogP contribution is 2.46. The molecule has 0 spiro atoms. The standard InChI is InChI=1S/C15H14ClNS/c1-4-15(2)7-8-18-14-13(15)11-6-5-10(16)9-12(11)17(14)3/h4-9H,1H2,2-3H3. The number of hydrogen-bond acceptors (Lipinski definition) is 1. The summed E-state index contributed by atoms with van der Waals surface area (Å²) < 4.78 is 2.21. The molecule has 2 heterocycles. The first-order valence-corrected chi connectivity index (χ1v) is 7.09. The molecule has 1 aliphatic heterocycles. The third-order valence-electron chi connectivity index (χ3n) is 3.67. The third kappa shape index (κ3) is 1.49. The molecule has 0 N–H and O–H groups in total. The molecule has 0 aliphatic carbocycles. The van der Waals surface area contributed by atoms with E-state index in [1.807, 2.05) is 18.2 Å². The molecule has 0 radical (unpaired) electrons. The van der Waals surface area contributed by atoms with Crippen molar-refractivity contribution in [1.29, 1.82) is 0 Å². The monoisotopic (exact) mass is 275 g/mol. The van der Waals surface area contributed by atoms with Crippen molar-refractivity contribution in [3.63, 3.8) is 0 Å². The highest BCUT2D eigenvalue weighted by atomic mass is 35.5. The van der Waals surface area contributed by atoms with Gasteiger partial charge in [-0.1, -0.05) is 41.6 Å². The molecule has 1 aliphatic rings. The lowest BCUT2D eigenvalue weighted by atomic mass is 9.82. The summed E-state index contributed by atoms with van der Waals surface area (Å²) in [6.07, 6.45) is 4.22. The van der Waals surface area contributed by atoms with Crippen molar-refractivity contribution >= 4 is 34.3 Å². The van der Waals surface area contributed by atoms with E-state index in [4.69, 9.17) is 11.6 Å². The van der Waals surface area contributed by atoms with Crippen molar-refractivity contribution in [2.45, 2.75) is 17.4 Å². The molecule has 1 aromatic carbocycles. The highest BCUT2D eigenvalue weighted by molar-refractivity contribution is 8.02. The van der Waals surface area contributed by atoms with Crippen LogP contribution in [0, 0.1) is 0 Å². The first-order valence-electron chi connectivity index (χ1n) is 5.83. The van der Waals surface area contributed by atoms with E-state index in [1.54, 1.807) is 11.8 Å². The molecule has 3 heteroatoms. The Bertz CT molecular complexity index is 683. The zero-order chi connectivity index (χ0) is 12.9. The van der Waals surface area contributed by atoms with Crippen LogP contribution in [-0.4, -0.2) is 4.57 Å². The Morgan fingerprint density at radius 2 is 2.22 bits per heavy atom. The average Bonchev–Trinajstić information content (AvgIpc) is 2.65. The summed E-state index contributed by atoms with van der Waals surface area (Å²) in [4.78, 5) is 0. The van der Waals surface area contributed by atoms with Crippen LogP contribution >= 0.6 is 23.4 Å². The summed E-state index contributed by atoms with van der Waals surface area (Å²) >= 11 is 7.86. The van der Waals surface area contributed by atoms with Crippen molar-refractivity contribution in [3.8, 4) is 0 Å². The van der Waals surface area contributed by atoms with Gasteiger partial charge in [-0.15, -0.1) is 6.58 Å². The number of aryl methyl sites for hydroxylation is 1. The van der Waals surface area contributed by atoms with Crippen LogP contribution in [0.4, 0.5) is 0 Å². The number of fused-ring (bicyclic) bond motifs is 3. The zero-order valence-corrected chi connectivity index (χ0v) is 12.0. The normalized spacial score (nSPS) is 22.2. The van der Waals surface area contributed by atoms with Crippen molar-refractivity contribution in [1.82, 2.24) is 4.57 Å². The number of benzene rings is 1. The smallest absolute Gasteiger partial charge is 0.0843 e. The van der Waals surface area contributed by atoms with Gasteiger partial charge in [0, 0.05) is 28.4 Å². The van der Waals surface area contributed by atoms with Crippen LogP contribution in [0.5, 0.6) is 0 Å². The van der Waals surface area contributed by atoms with Crippen LogP contribution in [0.3, 0.4) is 0 Å². The maximum atomic E-state index is 6.10. The number of halogens is 1. The molecule has 1 nitrogen and oxygen atoms in total. The SMILES string of the molecule is C=CC1(C)C=CSc2c1c1ccc(Cl)cc1n2C. The van der Waals surface area contributed by atoms with Crippen LogP contribution in [-0.2, 0) is 12.5 Å². The largest absolute Gasteiger partial charge is 0.338 e. The fraction of sp³-hybridized carbons (Fsp3) is 0.200. The van der Waals surface area contributed by atoms with E-state index in [1.165, 1.54) is 21.5 Å². The lowest BCUT2D eigenvalue weighted by Crippen LogP contribution is -2.18. The third-order valence-corrected chi connectivity index (χ3v) is 4.87. The van der Waals surface area contributed by atoms with Gasteiger partial charge in [0.05, 0.1) is 10.5 Å². The molecule has 0 saturated carbocycles. The van der Waals surface area contributed by atoms with Crippen molar-refractivity contribution < 1.29 is 0 Å². The van der Waals surface area contributed by atoms with E-state index in [0.29, 0.717) is 0 Å². The molecule has 1 unspecified atom stereocenters. The summed E-state index contributed by atoms with van der Waals surface area (Å²) in [6, 6.07) is 6.09. The number of aromatic nitrogens is 1. The highest BCUT2D eigenvalue weighted by Gasteiger charge is 2.31. The minimum atomic E-state index is -0.103. The van der Waals surface area contributed by atoms with Gasteiger partial charge in [-0.3, -0.25) is 0 Å². The summed E-state index contributed by atoms with van der Waals surface area (Å²) in [6.45, 7) is 6.19. The van der Waals surface area contributed by atoms with Gasteiger partial charge in [0.1, 0.15) is 0 Å². The molecular formula is C15H14ClNS. The quantitative estimate of drug-likeness (QED) is 0.671. The molecule has 92 valence electrons. The second kappa shape index (κ2) is 3.94. The summed E-state index contributed by atoms with van der Waals surface area (Å²) in [5.41, 5.74) is 2.41. The van der Waals surface area contributed by atoms with Crippen LogP contribution in [0.25, 0.3) is 10.9 Å². The number of allylic oxidation sites excluding steroid dienone is 2. The van der Waals surface area contributed by atoms with Crippen LogP contribution in [0.2, 0.25) is 5.02 Å². The topological polar surface area (TPSA) is 4.93 Å². The molecule has 0 saturated heterocycles. The van der Waals surface area contributed by atoms with E-state index < -0.39 is 0 Å². The summed E-state index contributed by atoms with van der Waals surface area (Å²) in [7, 11) is 2.09. The predicted octanol–water partition coefficient (Wildman–Crippen LogP) is 4.89. The second-order valence-electron chi connectivity index (χ2n) is 4.81. The maximum absolute atomic E-state index is 6.10. The lowest BCUT2D eigenvalue weighted by Gasteiger charge is -2.26. The Hall–Kier alpha value is -1.12. The Morgan fingerprint density at radius 1 is 1.44 bits per heavy atom. The molecule has 2 aromatic rings. The fourth-order valence-electron chi connectivity index (χ4n) is 2.54. The molecule has 3 rings (SSSR count). The second-order valence-corrected chi connectivity index (χ2v) is 6.14. The first kappa shape index (κ1) is 11.9. The van der Waals surface area contributed by atoms with Gasteiger partial charge in [-0.05, 0) is 24.5 Å². The maximum Gasteiger partial charge on any atom is 0.0843 e. The lowest BCUT2D eigenvalue weighted by molar-refractivity contribution is 0.714. The van der Waals surface area contributed by atoms with Gasteiger partial charge in [-0.2, -0.15) is 0 Å². The minimum Gasteiger partial charge on any atom is -0.338 e. The molecular weight excluding hydrogens is 262 g/mol. The molecule has 18 heavy (non-hydrogen) atoms. The van der Waals surface area contributed by atoms with E-state index in [2.05, 4.69) is 42.7 Å². The minimum absolute atomic E-state index is 0.103. The number of rotatable bonds is 1. The summed E-state index contributed by atoms with van der Waals surface area (Å²) in [5.74, 6) is 0. The van der Waals surface area contributed by atoms with E-state index in [0.717, 1.165) is 5.02 Å². The van der Waals surface area contributed by atoms with Gasteiger partial charge in [0.15, 0.2) is 0 Å². The molecule has 0 fully saturated rings. The molecule has 0 bridgehead atoms. The molecule has 1 aromatic heterocycles. The average molecular weight is 276 g/mol.